The van der Waals surface area contributed by atoms with Gasteiger partial charge >= 0.3 is 6.11 Å². The molecule has 0 heterocycles. The topological polar surface area (TPSA) is 18.5 Å². The molecule has 2 aromatic carbocycles. The summed E-state index contributed by atoms with van der Waals surface area (Å²) in [6.07, 6.45) is 1.63. The summed E-state index contributed by atoms with van der Waals surface area (Å²) in [6, 6.07) is 14.3. The molecule has 2 nitrogen and oxygen atoms in total. The summed E-state index contributed by atoms with van der Waals surface area (Å²) >= 11 is 0. The Kier molecular flexibility index (Phi) is 6.53. The molecule has 0 amide bonds. The lowest BCUT2D eigenvalue weighted by Gasteiger charge is -2.28. The van der Waals surface area contributed by atoms with Gasteiger partial charge in [-0.15, -0.1) is 0 Å². The predicted octanol–water partition coefficient (Wildman–Crippen LogP) is 5.88. The molecule has 27 heavy (non-hydrogen) atoms. The van der Waals surface area contributed by atoms with Crippen molar-refractivity contribution in [3.63, 3.8) is 0 Å². The van der Waals surface area contributed by atoms with Crippen LogP contribution in [0.2, 0.25) is 11.6 Å². The second kappa shape index (κ2) is 8.87. The van der Waals surface area contributed by atoms with Gasteiger partial charge in [-0.25, -0.2) is 0 Å². The van der Waals surface area contributed by atoms with Gasteiger partial charge in [-0.1, -0.05) is 43.5 Å². The molecular weight excluding hydrogens is 362 g/mol. The number of halogens is 2. The first-order chi connectivity index (χ1) is 13.0. The standard InChI is InChI=1S/C22H28F2O2Si/c1-3-27-21-14-6-17(7-15-21)16-4-8-18(9-5-16)22(23,24)26-20-12-10-19(25-2)11-13-20/h4-5,8-13,17,21H,3,6-7,14-15,27H2,1-2H3/t17-,21-. The van der Waals surface area contributed by atoms with Gasteiger partial charge in [0.25, 0.3) is 0 Å². The number of rotatable bonds is 7. The Morgan fingerprint density at radius 3 is 2.07 bits per heavy atom. The van der Waals surface area contributed by atoms with Crippen LogP contribution in [0.5, 0.6) is 11.5 Å². The lowest BCUT2D eigenvalue weighted by molar-refractivity contribution is -0.185. The number of methoxy groups -OCH3 is 1. The Labute approximate surface area is 162 Å². The Balaban J connectivity index is 1.63. The third-order valence-electron chi connectivity index (χ3n) is 5.57. The van der Waals surface area contributed by atoms with Crippen molar-refractivity contribution in [1.29, 1.82) is 0 Å². The highest BCUT2D eigenvalue weighted by atomic mass is 28.2. The van der Waals surface area contributed by atoms with E-state index in [2.05, 4.69) is 6.92 Å². The second-order valence-electron chi connectivity index (χ2n) is 7.42. The van der Waals surface area contributed by atoms with Crippen LogP contribution in [0.3, 0.4) is 0 Å². The number of ether oxygens (including phenoxy) is 2. The van der Waals surface area contributed by atoms with Crippen molar-refractivity contribution in [2.75, 3.05) is 7.11 Å². The monoisotopic (exact) mass is 390 g/mol. The molecule has 3 rings (SSSR count). The zero-order chi connectivity index (χ0) is 19.3. The largest absolute Gasteiger partial charge is 0.497 e. The fraction of sp³-hybridized carbons (Fsp3) is 0.455. The van der Waals surface area contributed by atoms with Gasteiger partial charge in [0.1, 0.15) is 11.5 Å². The summed E-state index contributed by atoms with van der Waals surface area (Å²) < 4.78 is 38.9. The normalized spacial score (nSPS) is 20.7. The molecule has 1 fully saturated rings. The first-order valence-electron chi connectivity index (χ1n) is 9.83. The highest BCUT2D eigenvalue weighted by Crippen LogP contribution is 2.39. The van der Waals surface area contributed by atoms with Gasteiger partial charge in [0.05, 0.1) is 12.7 Å². The summed E-state index contributed by atoms with van der Waals surface area (Å²) in [5.74, 6) is 1.23. The maximum Gasteiger partial charge on any atom is 0.426 e. The molecule has 0 spiro atoms. The summed E-state index contributed by atoms with van der Waals surface area (Å²) in [7, 11) is 1.62. The Hall–Kier alpha value is -1.88. The van der Waals surface area contributed by atoms with E-state index in [-0.39, 0.29) is 20.8 Å². The van der Waals surface area contributed by atoms with E-state index in [0.29, 0.717) is 11.7 Å². The third-order valence-corrected chi connectivity index (χ3v) is 7.78. The molecule has 0 bridgehead atoms. The molecule has 0 N–H and O–H groups in total. The van der Waals surface area contributed by atoms with Gasteiger partial charge in [0, 0.05) is 9.52 Å². The first kappa shape index (κ1) is 19.9. The highest BCUT2D eigenvalue weighted by Gasteiger charge is 2.34. The first-order valence-corrected chi connectivity index (χ1v) is 11.6. The summed E-state index contributed by atoms with van der Waals surface area (Å²) in [6.45, 7) is 2.30. The Morgan fingerprint density at radius 2 is 1.52 bits per heavy atom. The summed E-state index contributed by atoms with van der Waals surface area (Å²) in [4.78, 5) is 0. The average Bonchev–Trinajstić information content (AvgIpc) is 2.69. The number of hydrogen-bond donors (Lipinski definition) is 0. The highest BCUT2D eigenvalue weighted by molar-refractivity contribution is 6.37. The lowest BCUT2D eigenvalue weighted by Crippen LogP contribution is -2.22. The fourth-order valence-corrected chi connectivity index (χ4v) is 5.86. The van der Waals surface area contributed by atoms with Gasteiger partial charge in [0.2, 0.25) is 0 Å². The maximum atomic E-state index is 14.5. The third kappa shape index (κ3) is 5.10. The smallest absolute Gasteiger partial charge is 0.426 e. The number of benzene rings is 2. The molecule has 0 radical (unpaired) electrons. The molecule has 0 atom stereocenters. The van der Waals surface area contributed by atoms with Gasteiger partial charge in [-0.3, -0.25) is 0 Å². The van der Waals surface area contributed by atoms with Crippen LogP contribution < -0.4 is 9.47 Å². The Bertz CT molecular complexity index is 708. The quantitative estimate of drug-likeness (QED) is 0.550. The van der Waals surface area contributed by atoms with Crippen molar-refractivity contribution in [3.05, 3.63) is 59.7 Å². The van der Waals surface area contributed by atoms with E-state index in [1.165, 1.54) is 68.7 Å². The van der Waals surface area contributed by atoms with Crippen LogP contribution in [0.25, 0.3) is 0 Å². The zero-order valence-electron chi connectivity index (χ0n) is 16.1. The van der Waals surface area contributed by atoms with Crippen LogP contribution in [0.4, 0.5) is 8.78 Å². The van der Waals surface area contributed by atoms with E-state index < -0.39 is 6.11 Å². The molecule has 1 aliphatic carbocycles. The van der Waals surface area contributed by atoms with Crippen molar-refractivity contribution in [2.24, 2.45) is 0 Å². The van der Waals surface area contributed by atoms with E-state index in [0.717, 1.165) is 5.54 Å². The predicted molar refractivity (Wildman–Crippen MR) is 108 cm³/mol. The van der Waals surface area contributed by atoms with Crippen molar-refractivity contribution in [2.45, 2.75) is 56.2 Å². The van der Waals surface area contributed by atoms with E-state index in [9.17, 15) is 8.78 Å². The summed E-state index contributed by atoms with van der Waals surface area (Å²) in [5, 5.41) is 0. The second-order valence-corrected chi connectivity index (χ2v) is 10.2. The SMILES string of the molecule is CC[SiH2][C@H]1CC[C@H](c2ccc(C(F)(F)Oc3ccc(OC)cc3)cc2)CC1. The molecule has 0 saturated heterocycles. The van der Waals surface area contributed by atoms with Gasteiger partial charge < -0.3 is 9.47 Å². The Morgan fingerprint density at radius 1 is 0.926 bits per heavy atom. The molecule has 1 saturated carbocycles. The number of alkyl halides is 2. The van der Waals surface area contributed by atoms with Crippen LogP contribution >= 0.6 is 0 Å². The van der Waals surface area contributed by atoms with Gasteiger partial charge in [-0.05, 0) is 60.7 Å². The van der Waals surface area contributed by atoms with Crippen LogP contribution in [0.1, 0.15) is 49.7 Å². The minimum Gasteiger partial charge on any atom is -0.497 e. The average molecular weight is 391 g/mol. The van der Waals surface area contributed by atoms with Crippen LogP contribution in [-0.4, -0.2) is 16.6 Å². The maximum absolute atomic E-state index is 14.5. The molecule has 146 valence electrons. The molecule has 5 heteroatoms. The molecular formula is C22H28F2O2Si. The summed E-state index contributed by atoms with van der Waals surface area (Å²) in [5.41, 5.74) is 2.04. The molecule has 2 aromatic rings. The van der Waals surface area contributed by atoms with E-state index >= 15 is 0 Å². The number of hydrogen-bond acceptors (Lipinski definition) is 2. The van der Waals surface area contributed by atoms with Crippen molar-refractivity contribution in [1.82, 2.24) is 0 Å². The zero-order valence-corrected chi connectivity index (χ0v) is 17.5. The molecule has 0 aromatic heterocycles. The van der Waals surface area contributed by atoms with Gasteiger partial charge in [-0.2, -0.15) is 8.78 Å². The minimum atomic E-state index is -3.36. The molecule has 1 aliphatic rings. The van der Waals surface area contributed by atoms with Crippen LogP contribution in [0, 0.1) is 0 Å². The lowest BCUT2D eigenvalue weighted by atomic mass is 9.83. The molecule has 0 aliphatic heterocycles. The van der Waals surface area contributed by atoms with Crippen LogP contribution in [-0.2, 0) is 6.11 Å². The van der Waals surface area contributed by atoms with E-state index in [4.69, 9.17) is 9.47 Å². The fourth-order valence-electron chi connectivity index (χ4n) is 3.99. The van der Waals surface area contributed by atoms with Crippen LogP contribution in [0.15, 0.2) is 48.5 Å². The van der Waals surface area contributed by atoms with Crippen molar-refractivity contribution in [3.8, 4) is 11.5 Å². The molecule has 0 unspecified atom stereocenters. The van der Waals surface area contributed by atoms with Crippen molar-refractivity contribution < 1.29 is 18.3 Å². The van der Waals surface area contributed by atoms with Crippen molar-refractivity contribution >= 4 is 9.52 Å². The van der Waals surface area contributed by atoms with E-state index in [1.807, 2.05) is 12.1 Å². The minimum absolute atomic E-state index is 0.0916. The van der Waals surface area contributed by atoms with Gasteiger partial charge in [0.15, 0.2) is 0 Å². The van der Waals surface area contributed by atoms with E-state index in [1.54, 1.807) is 12.1 Å².